The maximum absolute atomic E-state index is 15.1. The van der Waals surface area contributed by atoms with E-state index in [9.17, 15) is 19.5 Å². The molecule has 1 saturated heterocycles. The average Bonchev–Trinajstić information content (AvgIpc) is 3.68. The van der Waals surface area contributed by atoms with Crippen molar-refractivity contribution < 1.29 is 33.4 Å². The third kappa shape index (κ3) is 12.4. The minimum atomic E-state index is -2.00. The highest BCUT2D eigenvalue weighted by Crippen LogP contribution is 2.42. The van der Waals surface area contributed by atoms with Gasteiger partial charge in [-0.3, -0.25) is 14.4 Å². The molecule has 342 valence electrons. The number of methoxy groups -OCH3 is 1. The van der Waals surface area contributed by atoms with Crippen molar-refractivity contribution in [3.05, 3.63) is 75.5 Å². The summed E-state index contributed by atoms with van der Waals surface area (Å²) in [7, 11) is 3.32. The second-order valence-electron chi connectivity index (χ2n) is 17.3. The lowest BCUT2D eigenvalue weighted by atomic mass is 9.83. The van der Waals surface area contributed by atoms with Gasteiger partial charge < -0.3 is 40.7 Å². The fourth-order valence-electron chi connectivity index (χ4n) is 7.87. The number of aromatic nitrogens is 3. The van der Waals surface area contributed by atoms with Crippen LogP contribution < -0.4 is 21.3 Å². The molecule has 0 bridgehead atoms. The first-order valence-corrected chi connectivity index (χ1v) is 23.7. The van der Waals surface area contributed by atoms with Crippen LogP contribution in [0.4, 0.5) is 16.2 Å². The Hall–Kier alpha value is -4.45. The minimum Gasteiger partial charge on any atom is -0.498 e. The first-order valence-electron chi connectivity index (χ1n) is 21.4. The van der Waals surface area contributed by atoms with E-state index in [1.54, 1.807) is 37.3 Å². The zero-order valence-electron chi connectivity index (χ0n) is 37.1. The van der Waals surface area contributed by atoms with Gasteiger partial charge in [0.2, 0.25) is 17.8 Å². The summed E-state index contributed by atoms with van der Waals surface area (Å²) in [5.41, 5.74) is 3.39. The van der Waals surface area contributed by atoms with Gasteiger partial charge in [0, 0.05) is 37.4 Å². The Labute approximate surface area is 382 Å². The number of rotatable bonds is 19. The Balaban J connectivity index is 1.02. The maximum atomic E-state index is 15.1. The van der Waals surface area contributed by atoms with Crippen molar-refractivity contribution in [1.29, 1.82) is 0 Å². The number of carbonyl (C=O) groups is 3. The van der Waals surface area contributed by atoms with Crippen LogP contribution in [0.1, 0.15) is 83.9 Å². The zero-order chi connectivity index (χ0) is 45.5. The van der Waals surface area contributed by atoms with Crippen molar-refractivity contribution in [2.75, 3.05) is 43.7 Å². The lowest BCUT2D eigenvalue weighted by molar-refractivity contribution is -0.143. The number of amides is 3. The highest BCUT2D eigenvalue weighted by atomic mass is 35.5. The van der Waals surface area contributed by atoms with E-state index >= 15 is 4.39 Å². The number of aliphatic hydroxyl groups is 1. The number of hydrogen-bond donors (Lipinski definition) is 5. The molecule has 3 amide bonds. The standard InChI is InChI=1S/C45H60ClFN8O6S2/c1-26(18-36(60-7)27(2)52-43-50-21-34(46)39(48-6)54-43)61-23-30-8-10-31(11-9-30)24-63-44(4,5)38(53-42(59)45(47)16-17-45)41(58)55-22-33(56)19-35(55)40(57)49-20-29-12-14-32(15-13-29)37-28(3)51-25-62-37/h12-15,18,21,25,30-31,33,35,38,56H,8-11,16-17,19-20,22-24H2,1-7H3,(H,49,57)(H,53,59)(H2,48,50,52,54)/b26-18+,36-27-/t30-,31-,33-,35+,38?/m1/s1. The van der Waals surface area contributed by atoms with Gasteiger partial charge in [0.15, 0.2) is 5.67 Å². The van der Waals surface area contributed by atoms with Crippen LogP contribution in [0.15, 0.2) is 59.3 Å². The van der Waals surface area contributed by atoms with E-state index in [1.165, 1.54) is 11.1 Å². The minimum absolute atomic E-state index is 0.0590. The van der Waals surface area contributed by atoms with E-state index in [0.29, 0.717) is 52.4 Å². The number of β-amino-alcohol motifs (C(OH)–C–C–N with tert-alkyl or cyclic N) is 1. The molecule has 2 aliphatic carbocycles. The number of anilines is 2. The first kappa shape index (κ1) is 48.0. The van der Waals surface area contributed by atoms with Crippen LogP contribution in [0.25, 0.3) is 10.4 Å². The number of carbonyl (C=O) groups excluding carboxylic acids is 3. The van der Waals surface area contributed by atoms with Gasteiger partial charge in [-0.25, -0.2) is 14.4 Å². The molecule has 0 radical (unpaired) electrons. The summed E-state index contributed by atoms with van der Waals surface area (Å²) >= 11 is 9.26. The molecule has 1 aliphatic heterocycles. The van der Waals surface area contributed by atoms with E-state index in [4.69, 9.17) is 21.1 Å². The number of alkyl halides is 1. The van der Waals surface area contributed by atoms with E-state index in [-0.39, 0.29) is 32.4 Å². The molecule has 18 heteroatoms. The number of benzene rings is 1. The molecule has 6 rings (SSSR count). The highest BCUT2D eigenvalue weighted by Gasteiger charge is 2.54. The van der Waals surface area contributed by atoms with E-state index in [2.05, 4.69) is 36.2 Å². The number of aryl methyl sites for hydroxylation is 1. The molecule has 3 atom stereocenters. The van der Waals surface area contributed by atoms with Crippen molar-refractivity contribution in [3.63, 3.8) is 0 Å². The van der Waals surface area contributed by atoms with Gasteiger partial charge in [-0.15, -0.1) is 11.3 Å². The summed E-state index contributed by atoms with van der Waals surface area (Å²) in [5, 5.41) is 22.9. The molecule has 2 saturated carbocycles. The lowest BCUT2D eigenvalue weighted by Gasteiger charge is -2.38. The smallest absolute Gasteiger partial charge is 0.258 e. The molecule has 1 aromatic carbocycles. The van der Waals surface area contributed by atoms with Crippen LogP contribution in [-0.4, -0.2) is 104 Å². The largest absolute Gasteiger partial charge is 0.498 e. The Morgan fingerprint density at radius 3 is 2.46 bits per heavy atom. The van der Waals surface area contributed by atoms with Gasteiger partial charge in [0.25, 0.3) is 5.91 Å². The van der Waals surface area contributed by atoms with Crippen LogP contribution in [0.5, 0.6) is 0 Å². The van der Waals surface area contributed by atoms with Crippen molar-refractivity contribution in [2.24, 2.45) is 11.8 Å². The second-order valence-corrected chi connectivity index (χ2v) is 20.2. The number of thioether (sulfide) groups is 1. The topological polar surface area (TPSA) is 180 Å². The predicted octanol–water partition coefficient (Wildman–Crippen LogP) is 7.40. The van der Waals surface area contributed by atoms with E-state index in [0.717, 1.165) is 53.1 Å². The van der Waals surface area contributed by atoms with Crippen molar-refractivity contribution in [3.8, 4) is 10.4 Å². The summed E-state index contributed by atoms with van der Waals surface area (Å²) in [6.07, 6.45) is 6.56. The number of nitrogens with one attached hydrogen (secondary N) is 4. The summed E-state index contributed by atoms with van der Waals surface area (Å²) in [4.78, 5) is 56.7. The summed E-state index contributed by atoms with van der Waals surface area (Å²) in [6.45, 7) is 10.2. The fraction of sp³-hybridized carbons (Fsp3) is 0.556. The summed E-state index contributed by atoms with van der Waals surface area (Å²) in [6, 6.07) is 5.78. The van der Waals surface area contributed by atoms with Gasteiger partial charge in [0.1, 0.15) is 28.7 Å². The number of thiazole rings is 1. The number of hydrogen-bond acceptors (Lipinski definition) is 13. The van der Waals surface area contributed by atoms with Crippen LogP contribution in [-0.2, 0) is 30.4 Å². The quantitative estimate of drug-likeness (QED) is 0.0595. The lowest BCUT2D eigenvalue weighted by Crippen LogP contribution is -2.61. The van der Waals surface area contributed by atoms with Crippen molar-refractivity contribution in [2.45, 2.75) is 115 Å². The number of halogens is 2. The fourth-order valence-corrected chi connectivity index (χ4v) is 10.2. The number of allylic oxidation sites excluding steroid dienone is 3. The molecule has 1 unspecified atom stereocenters. The molecular weight excluding hydrogens is 867 g/mol. The molecular formula is C45H60ClFN8O6S2. The van der Waals surface area contributed by atoms with Gasteiger partial charge in [-0.2, -0.15) is 16.7 Å². The summed E-state index contributed by atoms with van der Waals surface area (Å²) in [5.74, 6) is 1.91. The average molecular weight is 928 g/mol. The SMILES string of the molecule is CNc1nc(N/C(C)=C(/C=C(\C)OC[C@H]2CC[C@H](CSC(C)(C)C(NC(=O)C3(F)CC3)C(=O)N3C[C@H](O)C[C@H]3C(=O)NCc3ccc(-c4scnc4C)cc3)CC2)OC)ncc1Cl. The third-order valence-corrected chi connectivity index (χ3v) is 14.9. The van der Waals surface area contributed by atoms with Crippen LogP contribution >= 0.6 is 34.7 Å². The molecule has 3 heterocycles. The van der Waals surface area contributed by atoms with Gasteiger partial charge in [-0.1, -0.05) is 35.9 Å². The van der Waals surface area contributed by atoms with E-state index in [1.807, 2.05) is 70.5 Å². The molecule has 3 aromatic rings. The number of likely N-dealkylation sites (tertiary alicyclic amines) is 1. The molecule has 2 aromatic heterocycles. The van der Waals surface area contributed by atoms with Crippen LogP contribution in [0.2, 0.25) is 5.02 Å². The molecule has 3 fully saturated rings. The third-order valence-electron chi connectivity index (χ3n) is 12.0. The Bertz CT molecular complexity index is 2160. The van der Waals surface area contributed by atoms with Crippen molar-refractivity contribution >= 4 is 64.2 Å². The van der Waals surface area contributed by atoms with Gasteiger partial charge in [0.05, 0.1) is 53.6 Å². The highest BCUT2D eigenvalue weighted by molar-refractivity contribution is 8.00. The molecule has 0 spiro atoms. The van der Waals surface area contributed by atoms with Crippen LogP contribution in [0.3, 0.4) is 0 Å². The summed E-state index contributed by atoms with van der Waals surface area (Å²) < 4.78 is 26.0. The predicted molar refractivity (Wildman–Crippen MR) is 247 cm³/mol. The molecule has 14 nitrogen and oxygen atoms in total. The van der Waals surface area contributed by atoms with E-state index < -0.39 is 46.3 Å². The second kappa shape index (κ2) is 21.0. The molecule has 3 aliphatic rings. The van der Waals surface area contributed by atoms with Crippen LogP contribution in [0, 0.1) is 18.8 Å². The number of ether oxygens (including phenoxy) is 2. The Kier molecular flexibility index (Phi) is 16.0. The zero-order valence-corrected chi connectivity index (χ0v) is 39.4. The molecule has 5 N–H and O–H groups in total. The van der Waals surface area contributed by atoms with Gasteiger partial charge in [-0.05, 0) is 102 Å². The Morgan fingerprint density at radius 1 is 1.13 bits per heavy atom. The maximum Gasteiger partial charge on any atom is 0.258 e. The normalized spacial score (nSPS) is 21.8. The van der Waals surface area contributed by atoms with Gasteiger partial charge >= 0.3 is 0 Å². The monoisotopic (exact) mass is 926 g/mol. The number of nitrogens with zero attached hydrogens (tertiary/aromatic N) is 4. The first-order chi connectivity index (χ1) is 30.0. The van der Waals surface area contributed by atoms with Crippen molar-refractivity contribution in [1.82, 2.24) is 30.5 Å². The molecule has 63 heavy (non-hydrogen) atoms. The number of aliphatic hydroxyl groups excluding tert-OH is 1. The Morgan fingerprint density at radius 2 is 1.83 bits per heavy atom.